The molecule has 0 saturated carbocycles. The standard InChI is InChI=1S/C29H34N2O3/c1-31(18-7-6-8-21-11-14-23(32)15-12-21)19-17-25-24-9-4-5-10-26(24)30-29(25)22-13-16-27(33-2)28(20-22)34-3/h4-5,9-16,20,30,32H,6-8,17-19H2,1-3H3. The first-order chi connectivity index (χ1) is 16.6. The van der Waals surface area contributed by atoms with Crippen LogP contribution in [0.15, 0.2) is 66.7 Å². The second kappa shape index (κ2) is 11.1. The maximum absolute atomic E-state index is 9.43. The maximum atomic E-state index is 9.43. The van der Waals surface area contributed by atoms with Crippen LogP contribution >= 0.6 is 0 Å². The highest BCUT2D eigenvalue weighted by Gasteiger charge is 2.15. The molecule has 0 saturated heterocycles. The van der Waals surface area contributed by atoms with Crippen molar-refractivity contribution in [3.05, 3.63) is 77.9 Å². The lowest BCUT2D eigenvalue weighted by atomic mass is 10.0. The van der Waals surface area contributed by atoms with Crippen molar-refractivity contribution in [2.45, 2.75) is 25.7 Å². The minimum Gasteiger partial charge on any atom is -0.508 e. The van der Waals surface area contributed by atoms with E-state index in [0.29, 0.717) is 5.75 Å². The SMILES string of the molecule is COc1ccc(-c2[nH]c3ccccc3c2CCN(C)CCCCc2ccc(O)cc2)cc1OC. The predicted octanol–water partition coefficient (Wildman–Crippen LogP) is 6.05. The van der Waals surface area contributed by atoms with Gasteiger partial charge in [-0.3, -0.25) is 0 Å². The number of phenolic OH excluding ortho intramolecular Hbond substituents is 1. The monoisotopic (exact) mass is 458 g/mol. The van der Waals surface area contributed by atoms with Crippen LogP contribution in [0.1, 0.15) is 24.0 Å². The summed E-state index contributed by atoms with van der Waals surface area (Å²) in [6, 6.07) is 22.1. The molecule has 4 aromatic rings. The summed E-state index contributed by atoms with van der Waals surface area (Å²) >= 11 is 0. The summed E-state index contributed by atoms with van der Waals surface area (Å²) in [7, 11) is 5.53. The average molecular weight is 459 g/mol. The number of methoxy groups -OCH3 is 2. The van der Waals surface area contributed by atoms with Crippen molar-refractivity contribution in [1.29, 1.82) is 0 Å². The number of aromatic nitrogens is 1. The lowest BCUT2D eigenvalue weighted by Crippen LogP contribution is -2.22. The van der Waals surface area contributed by atoms with Crippen molar-refractivity contribution in [1.82, 2.24) is 9.88 Å². The highest BCUT2D eigenvalue weighted by molar-refractivity contribution is 5.91. The summed E-state index contributed by atoms with van der Waals surface area (Å²) in [6.45, 7) is 2.05. The molecule has 3 aromatic carbocycles. The van der Waals surface area contributed by atoms with Crippen molar-refractivity contribution in [3.8, 4) is 28.5 Å². The quantitative estimate of drug-likeness (QED) is 0.269. The van der Waals surface area contributed by atoms with Gasteiger partial charge in [0.05, 0.1) is 14.2 Å². The number of likely N-dealkylation sites (N-methyl/N-ethyl adjacent to an activating group) is 1. The van der Waals surface area contributed by atoms with E-state index in [9.17, 15) is 5.11 Å². The molecule has 0 unspecified atom stereocenters. The molecule has 5 heteroatoms. The van der Waals surface area contributed by atoms with Crippen LogP contribution in [0.3, 0.4) is 0 Å². The highest BCUT2D eigenvalue weighted by Crippen LogP contribution is 2.36. The molecule has 0 bridgehead atoms. The van der Waals surface area contributed by atoms with Gasteiger partial charge in [0, 0.05) is 28.7 Å². The lowest BCUT2D eigenvalue weighted by Gasteiger charge is -2.17. The Morgan fingerprint density at radius 3 is 2.35 bits per heavy atom. The van der Waals surface area contributed by atoms with E-state index < -0.39 is 0 Å². The van der Waals surface area contributed by atoms with Gasteiger partial charge in [-0.2, -0.15) is 0 Å². The number of aromatic amines is 1. The van der Waals surface area contributed by atoms with Crippen LogP contribution in [-0.2, 0) is 12.8 Å². The zero-order chi connectivity index (χ0) is 23.9. The average Bonchev–Trinajstić information content (AvgIpc) is 3.24. The molecule has 5 nitrogen and oxygen atoms in total. The zero-order valence-corrected chi connectivity index (χ0v) is 20.3. The van der Waals surface area contributed by atoms with Gasteiger partial charge in [0.15, 0.2) is 11.5 Å². The van der Waals surface area contributed by atoms with Gasteiger partial charge in [-0.05, 0) is 86.8 Å². The number of rotatable bonds is 11. The predicted molar refractivity (Wildman–Crippen MR) is 139 cm³/mol. The number of H-pyrrole nitrogens is 1. The third-order valence-electron chi connectivity index (χ3n) is 6.42. The summed E-state index contributed by atoms with van der Waals surface area (Å²) in [5.41, 5.74) is 6.00. The molecule has 0 radical (unpaired) electrons. The van der Waals surface area contributed by atoms with Gasteiger partial charge in [-0.1, -0.05) is 30.3 Å². The molecule has 2 N–H and O–H groups in total. The summed E-state index contributed by atoms with van der Waals surface area (Å²) in [5.74, 6) is 1.79. The summed E-state index contributed by atoms with van der Waals surface area (Å²) in [4.78, 5) is 6.05. The number of fused-ring (bicyclic) bond motifs is 1. The van der Waals surface area contributed by atoms with Gasteiger partial charge < -0.3 is 24.5 Å². The number of phenols is 1. The fourth-order valence-corrected chi connectivity index (χ4v) is 4.49. The number of unbranched alkanes of at least 4 members (excludes halogenated alkanes) is 1. The van der Waals surface area contributed by atoms with E-state index >= 15 is 0 Å². The molecule has 34 heavy (non-hydrogen) atoms. The first-order valence-corrected chi connectivity index (χ1v) is 11.9. The molecule has 1 heterocycles. The molecule has 0 aliphatic heterocycles. The molecule has 0 aliphatic carbocycles. The molecule has 0 amide bonds. The van der Waals surface area contributed by atoms with Crippen LogP contribution in [0.25, 0.3) is 22.2 Å². The minimum absolute atomic E-state index is 0.327. The van der Waals surface area contributed by atoms with Gasteiger partial charge in [-0.25, -0.2) is 0 Å². The van der Waals surface area contributed by atoms with E-state index in [1.54, 1.807) is 26.4 Å². The van der Waals surface area contributed by atoms with E-state index in [-0.39, 0.29) is 0 Å². The number of nitrogens with zero attached hydrogens (tertiary/aromatic N) is 1. The number of para-hydroxylation sites is 1. The minimum atomic E-state index is 0.327. The second-order valence-electron chi connectivity index (χ2n) is 8.77. The molecule has 0 atom stereocenters. The maximum Gasteiger partial charge on any atom is 0.161 e. The molecule has 0 aliphatic rings. The molecule has 4 rings (SSSR count). The molecule has 178 valence electrons. The van der Waals surface area contributed by atoms with Gasteiger partial charge in [-0.15, -0.1) is 0 Å². The first kappa shape index (κ1) is 23.7. The van der Waals surface area contributed by atoms with Crippen molar-refractivity contribution in [2.75, 3.05) is 34.4 Å². The molecule has 0 fully saturated rings. The highest BCUT2D eigenvalue weighted by atomic mass is 16.5. The van der Waals surface area contributed by atoms with E-state index in [1.165, 1.54) is 16.5 Å². The Morgan fingerprint density at radius 2 is 1.59 bits per heavy atom. The molecular weight excluding hydrogens is 424 g/mol. The van der Waals surface area contributed by atoms with Crippen LogP contribution in [-0.4, -0.2) is 49.3 Å². The van der Waals surface area contributed by atoms with Crippen LogP contribution in [0, 0.1) is 0 Å². The summed E-state index contributed by atoms with van der Waals surface area (Å²) < 4.78 is 11.0. The number of hydrogen-bond acceptors (Lipinski definition) is 4. The largest absolute Gasteiger partial charge is 0.508 e. The molecule has 1 aromatic heterocycles. The number of nitrogens with one attached hydrogen (secondary N) is 1. The van der Waals surface area contributed by atoms with E-state index in [4.69, 9.17) is 9.47 Å². The normalized spacial score (nSPS) is 11.3. The Hall–Kier alpha value is -3.44. The van der Waals surface area contributed by atoms with Gasteiger partial charge in [0.1, 0.15) is 5.75 Å². The van der Waals surface area contributed by atoms with Crippen molar-refractivity contribution in [2.24, 2.45) is 0 Å². The summed E-state index contributed by atoms with van der Waals surface area (Å²) in [6.07, 6.45) is 4.29. The van der Waals surface area contributed by atoms with E-state index in [0.717, 1.165) is 67.0 Å². The van der Waals surface area contributed by atoms with Crippen molar-refractivity contribution >= 4 is 10.9 Å². The number of ether oxygens (including phenoxy) is 2. The Bertz CT molecular complexity index is 1210. The van der Waals surface area contributed by atoms with Crippen LogP contribution < -0.4 is 9.47 Å². The Kier molecular flexibility index (Phi) is 7.76. The number of benzene rings is 3. The second-order valence-corrected chi connectivity index (χ2v) is 8.77. The summed E-state index contributed by atoms with van der Waals surface area (Å²) in [5, 5.41) is 10.7. The van der Waals surface area contributed by atoms with Gasteiger partial charge in [0.2, 0.25) is 0 Å². The Labute approximate surface area is 202 Å². The van der Waals surface area contributed by atoms with Crippen LogP contribution in [0.5, 0.6) is 17.2 Å². The first-order valence-electron chi connectivity index (χ1n) is 11.9. The van der Waals surface area contributed by atoms with Crippen LogP contribution in [0.2, 0.25) is 0 Å². The lowest BCUT2D eigenvalue weighted by molar-refractivity contribution is 0.330. The number of hydrogen-bond donors (Lipinski definition) is 2. The third-order valence-corrected chi connectivity index (χ3v) is 6.42. The smallest absolute Gasteiger partial charge is 0.161 e. The Balaban J connectivity index is 1.42. The molecule has 0 spiro atoms. The van der Waals surface area contributed by atoms with Crippen molar-refractivity contribution in [3.63, 3.8) is 0 Å². The Morgan fingerprint density at radius 1 is 0.824 bits per heavy atom. The topological polar surface area (TPSA) is 57.7 Å². The third kappa shape index (κ3) is 5.54. The van der Waals surface area contributed by atoms with Gasteiger partial charge in [0.25, 0.3) is 0 Å². The van der Waals surface area contributed by atoms with E-state index in [2.05, 4.69) is 47.3 Å². The number of aromatic hydroxyl groups is 1. The van der Waals surface area contributed by atoms with Crippen LogP contribution in [0.4, 0.5) is 0 Å². The van der Waals surface area contributed by atoms with Crippen molar-refractivity contribution < 1.29 is 14.6 Å². The fourth-order valence-electron chi connectivity index (χ4n) is 4.49. The molecular formula is C29H34N2O3. The zero-order valence-electron chi connectivity index (χ0n) is 20.3. The fraction of sp³-hybridized carbons (Fsp3) is 0.310. The van der Waals surface area contributed by atoms with E-state index in [1.807, 2.05) is 24.3 Å². The number of aryl methyl sites for hydroxylation is 1. The van der Waals surface area contributed by atoms with Gasteiger partial charge >= 0.3 is 0 Å².